The van der Waals surface area contributed by atoms with Crippen molar-refractivity contribution in [3.05, 3.63) is 28.2 Å². The van der Waals surface area contributed by atoms with Crippen molar-refractivity contribution in [2.24, 2.45) is 5.73 Å². The van der Waals surface area contributed by atoms with E-state index >= 15 is 0 Å². The number of hydrogen-bond acceptors (Lipinski definition) is 2. The first-order valence-electron chi connectivity index (χ1n) is 5.44. The molecule has 0 spiro atoms. The molecule has 0 aliphatic carbocycles. The van der Waals surface area contributed by atoms with Crippen LogP contribution in [0.3, 0.4) is 0 Å². The van der Waals surface area contributed by atoms with Crippen molar-refractivity contribution in [1.82, 2.24) is 0 Å². The third kappa shape index (κ3) is 4.17. The van der Waals surface area contributed by atoms with Crippen LogP contribution in [0, 0.1) is 0 Å². The highest BCUT2D eigenvalue weighted by Crippen LogP contribution is 2.35. The SMILES string of the molecule is CCC(C)(N)COc1ccc(C(F)(F)F)cc1Br. The molecule has 2 nitrogen and oxygen atoms in total. The fourth-order valence-corrected chi connectivity index (χ4v) is 1.63. The number of rotatable bonds is 4. The fourth-order valence-electron chi connectivity index (χ4n) is 1.14. The molecular formula is C12H15BrF3NO. The van der Waals surface area contributed by atoms with Gasteiger partial charge in [-0.25, -0.2) is 0 Å². The van der Waals surface area contributed by atoms with E-state index < -0.39 is 17.3 Å². The highest BCUT2D eigenvalue weighted by atomic mass is 79.9. The minimum Gasteiger partial charge on any atom is -0.491 e. The van der Waals surface area contributed by atoms with E-state index in [1.54, 1.807) is 0 Å². The van der Waals surface area contributed by atoms with Crippen molar-refractivity contribution in [1.29, 1.82) is 0 Å². The summed E-state index contributed by atoms with van der Waals surface area (Å²) >= 11 is 3.06. The molecule has 0 saturated heterocycles. The van der Waals surface area contributed by atoms with Crippen LogP contribution in [0.15, 0.2) is 22.7 Å². The zero-order valence-electron chi connectivity index (χ0n) is 10.1. The number of nitrogens with two attached hydrogens (primary N) is 1. The Hall–Kier alpha value is -0.750. The zero-order chi connectivity index (χ0) is 14.0. The Morgan fingerprint density at radius 2 is 1.94 bits per heavy atom. The Morgan fingerprint density at radius 1 is 1.33 bits per heavy atom. The quantitative estimate of drug-likeness (QED) is 0.908. The molecule has 0 radical (unpaired) electrons. The Bertz CT molecular complexity index is 418. The first-order chi connectivity index (χ1) is 8.15. The van der Waals surface area contributed by atoms with Crippen molar-refractivity contribution >= 4 is 15.9 Å². The van der Waals surface area contributed by atoms with Crippen molar-refractivity contribution in [3.63, 3.8) is 0 Å². The lowest BCUT2D eigenvalue weighted by molar-refractivity contribution is -0.137. The molecule has 0 amide bonds. The highest BCUT2D eigenvalue weighted by molar-refractivity contribution is 9.10. The largest absolute Gasteiger partial charge is 0.491 e. The first-order valence-corrected chi connectivity index (χ1v) is 6.23. The number of ether oxygens (including phenoxy) is 1. The van der Waals surface area contributed by atoms with Gasteiger partial charge in [-0.3, -0.25) is 0 Å². The Morgan fingerprint density at radius 3 is 2.39 bits per heavy atom. The van der Waals surface area contributed by atoms with Gasteiger partial charge in [0.25, 0.3) is 0 Å². The Labute approximate surface area is 112 Å². The highest BCUT2D eigenvalue weighted by Gasteiger charge is 2.31. The molecule has 0 fully saturated rings. The van der Waals surface area contributed by atoms with Crippen LogP contribution in [0.4, 0.5) is 13.2 Å². The molecule has 0 aromatic heterocycles. The predicted octanol–water partition coefficient (Wildman–Crippen LogP) is 3.97. The summed E-state index contributed by atoms with van der Waals surface area (Å²) in [7, 11) is 0. The lowest BCUT2D eigenvalue weighted by atomic mass is 10.0. The third-order valence-electron chi connectivity index (χ3n) is 2.62. The smallest absolute Gasteiger partial charge is 0.416 e. The van der Waals surface area contributed by atoms with Gasteiger partial charge in [0.2, 0.25) is 0 Å². The maximum absolute atomic E-state index is 12.4. The summed E-state index contributed by atoms with van der Waals surface area (Å²) in [6.07, 6.45) is -3.64. The summed E-state index contributed by atoms with van der Waals surface area (Å²) in [6.45, 7) is 3.99. The van der Waals surface area contributed by atoms with Gasteiger partial charge < -0.3 is 10.5 Å². The zero-order valence-corrected chi connectivity index (χ0v) is 11.7. The van der Waals surface area contributed by atoms with Crippen LogP contribution in [-0.2, 0) is 6.18 Å². The second-order valence-electron chi connectivity index (χ2n) is 4.44. The van der Waals surface area contributed by atoms with Crippen molar-refractivity contribution < 1.29 is 17.9 Å². The second-order valence-corrected chi connectivity index (χ2v) is 5.29. The molecule has 6 heteroatoms. The number of benzene rings is 1. The van der Waals surface area contributed by atoms with Gasteiger partial charge in [-0.2, -0.15) is 13.2 Å². The van der Waals surface area contributed by atoms with E-state index in [0.717, 1.165) is 12.1 Å². The molecule has 0 saturated carbocycles. The molecular weight excluding hydrogens is 311 g/mol. The summed E-state index contributed by atoms with van der Waals surface area (Å²) in [4.78, 5) is 0. The van der Waals surface area contributed by atoms with Crippen LogP contribution in [0.5, 0.6) is 5.75 Å². The minimum atomic E-state index is -4.35. The fraction of sp³-hybridized carbons (Fsp3) is 0.500. The lowest BCUT2D eigenvalue weighted by Gasteiger charge is -2.23. The van der Waals surface area contributed by atoms with E-state index in [9.17, 15) is 13.2 Å². The van der Waals surface area contributed by atoms with Crippen molar-refractivity contribution in [2.45, 2.75) is 32.0 Å². The van der Waals surface area contributed by atoms with Gasteiger partial charge in [-0.1, -0.05) is 6.92 Å². The van der Waals surface area contributed by atoms with Crippen LogP contribution >= 0.6 is 15.9 Å². The van der Waals surface area contributed by atoms with Gasteiger partial charge in [-0.15, -0.1) is 0 Å². The molecule has 102 valence electrons. The van der Waals surface area contributed by atoms with Gasteiger partial charge in [0.1, 0.15) is 12.4 Å². The molecule has 0 heterocycles. The van der Waals surface area contributed by atoms with Crippen LogP contribution in [0.2, 0.25) is 0 Å². The average molecular weight is 326 g/mol. The summed E-state index contributed by atoms with van der Waals surface area (Å²) < 4.78 is 43.0. The summed E-state index contributed by atoms with van der Waals surface area (Å²) in [6, 6.07) is 3.27. The van der Waals surface area contributed by atoms with E-state index in [0.29, 0.717) is 12.2 Å². The van der Waals surface area contributed by atoms with E-state index in [4.69, 9.17) is 10.5 Å². The lowest BCUT2D eigenvalue weighted by Crippen LogP contribution is -2.41. The molecule has 0 aliphatic rings. The normalized spacial score (nSPS) is 15.3. The van der Waals surface area contributed by atoms with Gasteiger partial charge in [-0.05, 0) is 47.5 Å². The van der Waals surface area contributed by atoms with E-state index in [-0.39, 0.29) is 11.1 Å². The predicted molar refractivity (Wildman–Crippen MR) is 67.5 cm³/mol. The van der Waals surface area contributed by atoms with Gasteiger partial charge in [0.15, 0.2) is 0 Å². The standard InChI is InChI=1S/C12H15BrF3NO/c1-3-11(2,17)7-18-10-5-4-8(6-9(10)13)12(14,15)16/h4-6H,3,7,17H2,1-2H3. The monoisotopic (exact) mass is 325 g/mol. The van der Waals surface area contributed by atoms with Crippen LogP contribution in [0.1, 0.15) is 25.8 Å². The van der Waals surface area contributed by atoms with Gasteiger partial charge >= 0.3 is 6.18 Å². The van der Waals surface area contributed by atoms with Crippen molar-refractivity contribution in [3.8, 4) is 5.75 Å². The molecule has 0 aliphatic heterocycles. The number of alkyl halides is 3. The Balaban J connectivity index is 2.81. The molecule has 1 aromatic carbocycles. The Kier molecular flexibility index (Phi) is 4.66. The van der Waals surface area contributed by atoms with Gasteiger partial charge in [0.05, 0.1) is 10.0 Å². The van der Waals surface area contributed by atoms with Gasteiger partial charge in [0, 0.05) is 5.54 Å². The maximum atomic E-state index is 12.4. The topological polar surface area (TPSA) is 35.2 Å². The average Bonchev–Trinajstić information content (AvgIpc) is 2.26. The molecule has 18 heavy (non-hydrogen) atoms. The molecule has 1 unspecified atom stereocenters. The maximum Gasteiger partial charge on any atom is 0.416 e. The molecule has 0 bridgehead atoms. The van der Waals surface area contributed by atoms with Crippen LogP contribution < -0.4 is 10.5 Å². The summed E-state index contributed by atoms with van der Waals surface area (Å²) in [5, 5.41) is 0. The molecule has 1 atom stereocenters. The van der Waals surface area contributed by atoms with Crippen LogP contribution in [-0.4, -0.2) is 12.1 Å². The summed E-state index contributed by atoms with van der Waals surface area (Å²) in [5.74, 6) is 0.355. The molecule has 2 N–H and O–H groups in total. The summed E-state index contributed by atoms with van der Waals surface area (Å²) in [5.41, 5.74) is 4.68. The second kappa shape index (κ2) is 5.48. The van der Waals surface area contributed by atoms with Crippen LogP contribution in [0.25, 0.3) is 0 Å². The first kappa shape index (κ1) is 15.3. The minimum absolute atomic E-state index is 0.244. The van der Waals surface area contributed by atoms with E-state index in [2.05, 4.69) is 15.9 Å². The van der Waals surface area contributed by atoms with Crippen molar-refractivity contribution in [2.75, 3.05) is 6.61 Å². The van der Waals surface area contributed by atoms with E-state index in [1.807, 2.05) is 13.8 Å². The number of hydrogen-bond donors (Lipinski definition) is 1. The molecule has 1 rings (SSSR count). The number of halogens is 4. The molecule has 1 aromatic rings. The van der Waals surface area contributed by atoms with E-state index in [1.165, 1.54) is 6.07 Å². The third-order valence-corrected chi connectivity index (χ3v) is 3.24.